The van der Waals surface area contributed by atoms with Gasteiger partial charge >= 0.3 is 0 Å². The number of hydrogen-bond acceptors (Lipinski definition) is 4. The molecule has 0 aliphatic rings. The van der Waals surface area contributed by atoms with Gasteiger partial charge in [-0.3, -0.25) is 4.79 Å². The number of rotatable bonds is 5. The molecule has 130 valence electrons. The Morgan fingerprint density at radius 3 is 2.73 bits per heavy atom. The molecule has 3 rings (SSSR count). The van der Waals surface area contributed by atoms with E-state index in [2.05, 4.69) is 5.32 Å². The summed E-state index contributed by atoms with van der Waals surface area (Å²) in [7, 11) is 0. The lowest BCUT2D eigenvalue weighted by atomic mass is 10.2. The number of halogens is 2. The Morgan fingerprint density at radius 1 is 1.15 bits per heavy atom. The highest BCUT2D eigenvalue weighted by Gasteiger charge is 2.14. The van der Waals surface area contributed by atoms with E-state index in [1.165, 1.54) is 6.07 Å². The number of amides is 1. The molecular weight excluding hydrogens is 375 g/mol. The van der Waals surface area contributed by atoms with Gasteiger partial charge in [-0.05, 0) is 42.5 Å². The maximum absolute atomic E-state index is 12.3. The second-order valence-corrected chi connectivity index (χ2v) is 6.08. The molecule has 0 fully saturated rings. The fraction of sp³-hybridized carbons (Fsp3) is 0.0526. The zero-order chi connectivity index (χ0) is 18.5. The van der Waals surface area contributed by atoms with Gasteiger partial charge in [-0.2, -0.15) is 5.26 Å². The molecule has 7 heteroatoms. The average molecular weight is 387 g/mol. The zero-order valence-electron chi connectivity index (χ0n) is 13.3. The van der Waals surface area contributed by atoms with Crippen molar-refractivity contribution < 1.29 is 13.9 Å². The van der Waals surface area contributed by atoms with Crippen molar-refractivity contribution in [1.29, 1.82) is 5.26 Å². The Kier molecular flexibility index (Phi) is 5.47. The predicted molar refractivity (Wildman–Crippen MR) is 98.6 cm³/mol. The van der Waals surface area contributed by atoms with Gasteiger partial charge in [0, 0.05) is 5.02 Å². The van der Waals surface area contributed by atoms with Crippen LogP contribution in [-0.4, -0.2) is 5.91 Å². The molecule has 0 spiro atoms. The van der Waals surface area contributed by atoms with Crippen LogP contribution in [0.3, 0.4) is 0 Å². The van der Waals surface area contributed by atoms with Crippen LogP contribution in [0.1, 0.15) is 21.9 Å². The number of nitrogens with zero attached hydrogens (tertiary/aromatic N) is 1. The second kappa shape index (κ2) is 7.96. The summed E-state index contributed by atoms with van der Waals surface area (Å²) >= 11 is 11.9. The van der Waals surface area contributed by atoms with E-state index in [0.717, 1.165) is 0 Å². The van der Waals surface area contributed by atoms with Gasteiger partial charge in [0.05, 0.1) is 16.3 Å². The maximum atomic E-state index is 12.3. The number of hydrogen-bond donors (Lipinski definition) is 1. The van der Waals surface area contributed by atoms with Gasteiger partial charge in [0.25, 0.3) is 5.91 Å². The number of benzene rings is 2. The van der Waals surface area contributed by atoms with E-state index in [4.69, 9.17) is 37.6 Å². The van der Waals surface area contributed by atoms with Gasteiger partial charge < -0.3 is 14.5 Å². The van der Waals surface area contributed by atoms with Gasteiger partial charge in [-0.15, -0.1) is 0 Å². The normalized spacial score (nSPS) is 10.2. The van der Waals surface area contributed by atoms with Crippen molar-refractivity contribution in [1.82, 2.24) is 0 Å². The van der Waals surface area contributed by atoms with Crippen LogP contribution in [0.15, 0.2) is 59.0 Å². The monoisotopic (exact) mass is 386 g/mol. The van der Waals surface area contributed by atoms with Gasteiger partial charge in [0.15, 0.2) is 5.76 Å². The average Bonchev–Trinajstić information content (AvgIpc) is 3.10. The van der Waals surface area contributed by atoms with E-state index in [1.807, 2.05) is 6.07 Å². The number of anilines is 1. The Morgan fingerprint density at radius 2 is 1.96 bits per heavy atom. The third kappa shape index (κ3) is 4.17. The first-order chi connectivity index (χ1) is 12.6. The number of ether oxygens (including phenoxy) is 1. The minimum absolute atomic E-state index is 0.101. The van der Waals surface area contributed by atoms with E-state index in [-0.39, 0.29) is 12.4 Å². The lowest BCUT2D eigenvalue weighted by Crippen LogP contribution is -2.11. The predicted octanol–water partition coefficient (Wildman–Crippen LogP) is 5.29. The Bertz CT molecular complexity index is 992. The van der Waals surface area contributed by atoms with Crippen molar-refractivity contribution in [3.05, 3.63) is 81.7 Å². The third-order valence-corrected chi connectivity index (χ3v) is 3.98. The van der Waals surface area contributed by atoms with Gasteiger partial charge in [0.2, 0.25) is 0 Å². The molecule has 0 saturated heterocycles. The molecule has 0 aliphatic carbocycles. The maximum Gasteiger partial charge on any atom is 0.291 e. The summed E-state index contributed by atoms with van der Waals surface area (Å²) in [4.78, 5) is 12.3. The minimum atomic E-state index is -0.455. The van der Waals surface area contributed by atoms with E-state index >= 15 is 0 Å². The molecule has 5 nitrogen and oxygen atoms in total. The molecule has 1 aromatic heterocycles. The highest BCUT2D eigenvalue weighted by Crippen LogP contribution is 2.28. The van der Waals surface area contributed by atoms with Crippen molar-refractivity contribution in [3.63, 3.8) is 0 Å². The largest absolute Gasteiger partial charge is 0.484 e. The standard InChI is InChI=1S/C19H12Cl2N2O3/c20-13-5-7-17(15(21)9-13)25-11-14-6-8-18(26-14)19(24)23-16-4-2-1-3-12(16)10-22/h1-9H,11H2,(H,23,24). The van der Waals surface area contributed by atoms with Crippen molar-refractivity contribution in [2.24, 2.45) is 0 Å². The number of nitriles is 1. The molecule has 0 bridgehead atoms. The van der Waals surface area contributed by atoms with Crippen molar-refractivity contribution in [3.8, 4) is 11.8 Å². The highest BCUT2D eigenvalue weighted by molar-refractivity contribution is 6.35. The van der Waals surface area contributed by atoms with Crippen molar-refractivity contribution >= 4 is 34.8 Å². The summed E-state index contributed by atoms with van der Waals surface area (Å²) in [5.74, 6) is 0.568. The molecule has 0 saturated carbocycles. The number of furan rings is 1. The lowest BCUT2D eigenvalue weighted by Gasteiger charge is -2.07. The van der Waals surface area contributed by atoms with Crippen molar-refractivity contribution in [2.45, 2.75) is 6.61 Å². The van der Waals surface area contributed by atoms with Crippen LogP contribution in [0.5, 0.6) is 5.75 Å². The molecule has 1 heterocycles. The molecule has 2 aromatic carbocycles. The number of para-hydroxylation sites is 1. The summed E-state index contributed by atoms with van der Waals surface area (Å²) < 4.78 is 11.1. The molecule has 26 heavy (non-hydrogen) atoms. The smallest absolute Gasteiger partial charge is 0.291 e. The van der Waals surface area contributed by atoms with Crippen LogP contribution in [0, 0.1) is 11.3 Å². The first-order valence-electron chi connectivity index (χ1n) is 7.54. The number of carbonyl (C=O) groups is 1. The van der Waals surface area contributed by atoms with E-state index in [1.54, 1.807) is 48.5 Å². The van der Waals surface area contributed by atoms with Crippen LogP contribution >= 0.6 is 23.2 Å². The molecular formula is C19H12Cl2N2O3. The summed E-state index contributed by atoms with van der Waals surface area (Å²) in [5, 5.41) is 12.6. The van der Waals surface area contributed by atoms with Gasteiger partial charge in [0.1, 0.15) is 24.2 Å². The van der Waals surface area contributed by atoms with Crippen LogP contribution in [-0.2, 0) is 6.61 Å². The Labute approximate surface area is 159 Å². The number of nitrogens with one attached hydrogen (secondary N) is 1. The molecule has 0 atom stereocenters. The fourth-order valence-corrected chi connectivity index (χ4v) is 2.66. The Balaban J connectivity index is 1.65. The highest BCUT2D eigenvalue weighted by atomic mass is 35.5. The zero-order valence-corrected chi connectivity index (χ0v) is 14.8. The first kappa shape index (κ1) is 17.9. The van der Waals surface area contributed by atoms with E-state index < -0.39 is 5.91 Å². The van der Waals surface area contributed by atoms with Crippen LogP contribution in [0.25, 0.3) is 0 Å². The SMILES string of the molecule is N#Cc1ccccc1NC(=O)c1ccc(COc2ccc(Cl)cc2Cl)o1. The van der Waals surface area contributed by atoms with E-state index in [0.29, 0.717) is 32.8 Å². The first-order valence-corrected chi connectivity index (χ1v) is 8.29. The molecule has 3 aromatic rings. The van der Waals surface area contributed by atoms with Gasteiger partial charge in [-0.25, -0.2) is 0 Å². The molecule has 1 amide bonds. The lowest BCUT2D eigenvalue weighted by molar-refractivity contribution is 0.0992. The van der Waals surface area contributed by atoms with Crippen molar-refractivity contribution in [2.75, 3.05) is 5.32 Å². The van der Waals surface area contributed by atoms with Crippen LogP contribution < -0.4 is 10.1 Å². The summed E-state index contributed by atoms with van der Waals surface area (Å²) in [6.07, 6.45) is 0. The summed E-state index contributed by atoms with van der Waals surface area (Å²) in [5.41, 5.74) is 0.787. The fourth-order valence-electron chi connectivity index (χ4n) is 2.19. The Hall–Kier alpha value is -2.94. The third-order valence-electron chi connectivity index (χ3n) is 3.45. The molecule has 0 unspecified atom stereocenters. The summed E-state index contributed by atoms with van der Waals surface area (Å²) in [6.45, 7) is 0.101. The quantitative estimate of drug-likeness (QED) is 0.646. The minimum Gasteiger partial charge on any atom is -0.484 e. The molecule has 0 radical (unpaired) electrons. The topological polar surface area (TPSA) is 75.3 Å². The molecule has 0 aliphatic heterocycles. The molecule has 1 N–H and O–H groups in total. The number of carbonyl (C=O) groups excluding carboxylic acids is 1. The second-order valence-electron chi connectivity index (χ2n) is 5.24. The van der Waals surface area contributed by atoms with Gasteiger partial charge in [-0.1, -0.05) is 35.3 Å². The van der Waals surface area contributed by atoms with Crippen LogP contribution in [0.4, 0.5) is 5.69 Å². The van der Waals surface area contributed by atoms with E-state index in [9.17, 15) is 4.79 Å². The summed E-state index contributed by atoms with van der Waals surface area (Å²) in [6, 6.07) is 16.8. The van der Waals surface area contributed by atoms with Crippen LogP contribution in [0.2, 0.25) is 10.0 Å².